The van der Waals surface area contributed by atoms with Gasteiger partial charge in [-0.25, -0.2) is 4.98 Å². The number of carbonyl (C=O) groups excluding carboxylic acids is 1. The van der Waals surface area contributed by atoms with Crippen LogP contribution in [-0.2, 0) is 11.3 Å². The van der Waals surface area contributed by atoms with E-state index < -0.39 is 6.36 Å². The fraction of sp³-hybridized carbons (Fsp3) is 0.211. The quantitative estimate of drug-likeness (QED) is 0.721. The van der Waals surface area contributed by atoms with Gasteiger partial charge in [-0.2, -0.15) is 0 Å². The van der Waals surface area contributed by atoms with Gasteiger partial charge in [0.15, 0.2) is 0 Å². The van der Waals surface area contributed by atoms with E-state index in [1.54, 1.807) is 12.1 Å². The van der Waals surface area contributed by atoms with E-state index >= 15 is 0 Å². The van der Waals surface area contributed by atoms with Gasteiger partial charge in [0, 0.05) is 18.7 Å². The number of halogens is 3. The number of amides is 1. The minimum Gasteiger partial charge on any atom is -0.406 e. The molecule has 0 aliphatic rings. The number of benzene rings is 2. The van der Waals surface area contributed by atoms with E-state index in [1.807, 2.05) is 13.0 Å². The van der Waals surface area contributed by atoms with Crippen LogP contribution in [0.1, 0.15) is 12.0 Å². The zero-order valence-corrected chi connectivity index (χ0v) is 14.8. The molecule has 9 heteroatoms. The molecule has 0 unspecified atom stereocenters. The second-order valence-corrected chi connectivity index (χ2v) is 6.08. The van der Waals surface area contributed by atoms with Crippen LogP contribution in [0.2, 0.25) is 0 Å². The summed E-state index contributed by atoms with van der Waals surface area (Å²) in [6.07, 6.45) is -3.38. The van der Waals surface area contributed by atoms with E-state index in [2.05, 4.69) is 15.0 Å². The van der Waals surface area contributed by atoms with Crippen molar-refractivity contribution in [3.8, 4) is 5.75 Å². The summed E-state index contributed by atoms with van der Waals surface area (Å²) in [4.78, 5) is 28.8. The van der Waals surface area contributed by atoms with E-state index in [4.69, 9.17) is 0 Å². The molecule has 1 aromatic heterocycles. The lowest BCUT2D eigenvalue weighted by atomic mass is 10.1. The van der Waals surface area contributed by atoms with Crippen molar-refractivity contribution in [3.05, 3.63) is 64.7 Å². The SMILES string of the molecule is Cc1cccc2c(=O)n(CCC(=O)Nc3ccc(OC(F)(F)F)cc3)cnc12. The summed E-state index contributed by atoms with van der Waals surface area (Å²) in [5.74, 6) is -0.768. The number of ether oxygens (including phenoxy) is 1. The molecule has 0 spiro atoms. The van der Waals surface area contributed by atoms with E-state index in [9.17, 15) is 22.8 Å². The minimum absolute atomic E-state index is 0.000286. The van der Waals surface area contributed by atoms with Crippen molar-refractivity contribution in [2.75, 3.05) is 5.32 Å². The Bertz CT molecular complexity index is 1060. The third-order valence-corrected chi connectivity index (χ3v) is 4.01. The topological polar surface area (TPSA) is 73.2 Å². The van der Waals surface area contributed by atoms with Crippen LogP contribution >= 0.6 is 0 Å². The number of carbonyl (C=O) groups is 1. The number of aryl methyl sites for hydroxylation is 2. The Labute approximate surface area is 157 Å². The van der Waals surface area contributed by atoms with Crippen LogP contribution in [0, 0.1) is 6.92 Å². The molecular weight excluding hydrogens is 375 g/mol. The molecule has 1 heterocycles. The van der Waals surface area contributed by atoms with E-state index in [0.717, 1.165) is 17.7 Å². The smallest absolute Gasteiger partial charge is 0.406 e. The van der Waals surface area contributed by atoms with Gasteiger partial charge < -0.3 is 10.1 Å². The summed E-state index contributed by atoms with van der Waals surface area (Å²) >= 11 is 0. The van der Waals surface area contributed by atoms with Crippen molar-refractivity contribution in [2.24, 2.45) is 0 Å². The molecule has 1 amide bonds. The molecule has 3 aromatic rings. The summed E-state index contributed by atoms with van der Waals surface area (Å²) in [5, 5.41) is 3.03. The van der Waals surface area contributed by atoms with Gasteiger partial charge >= 0.3 is 6.36 Å². The number of para-hydroxylation sites is 1. The lowest BCUT2D eigenvalue weighted by Crippen LogP contribution is -2.23. The third kappa shape index (κ3) is 4.67. The molecule has 0 aliphatic heterocycles. The number of nitrogens with zero attached hydrogens (tertiary/aromatic N) is 2. The van der Waals surface area contributed by atoms with Gasteiger partial charge in [0.2, 0.25) is 5.91 Å². The van der Waals surface area contributed by atoms with Crippen molar-refractivity contribution in [1.82, 2.24) is 9.55 Å². The van der Waals surface area contributed by atoms with Crippen LogP contribution in [0.5, 0.6) is 5.75 Å². The first-order chi connectivity index (χ1) is 13.2. The summed E-state index contributed by atoms with van der Waals surface area (Å²) in [6, 6.07) is 10.1. The van der Waals surface area contributed by atoms with Crippen LogP contribution in [0.15, 0.2) is 53.6 Å². The average Bonchev–Trinajstić information content (AvgIpc) is 2.62. The minimum atomic E-state index is -4.77. The number of rotatable bonds is 5. The fourth-order valence-electron chi connectivity index (χ4n) is 2.68. The molecule has 3 rings (SSSR count). The van der Waals surface area contributed by atoms with E-state index in [1.165, 1.54) is 23.0 Å². The molecule has 0 radical (unpaired) electrons. The second-order valence-electron chi connectivity index (χ2n) is 6.08. The first-order valence-electron chi connectivity index (χ1n) is 8.33. The zero-order valence-electron chi connectivity index (χ0n) is 14.8. The van der Waals surface area contributed by atoms with Gasteiger partial charge in [-0.05, 0) is 42.8 Å². The first kappa shape index (κ1) is 19.4. The Hall–Kier alpha value is -3.36. The Kier molecular flexibility index (Phi) is 5.34. The predicted molar refractivity (Wildman–Crippen MR) is 97.1 cm³/mol. The van der Waals surface area contributed by atoms with Gasteiger partial charge in [0.05, 0.1) is 17.2 Å². The molecule has 0 saturated carbocycles. The first-order valence-corrected chi connectivity index (χ1v) is 8.33. The monoisotopic (exact) mass is 391 g/mol. The van der Waals surface area contributed by atoms with Crippen LogP contribution < -0.4 is 15.6 Å². The standard InChI is InChI=1S/C19H16F3N3O3/c1-12-3-2-4-15-17(12)23-11-25(18(15)27)10-9-16(26)24-13-5-7-14(8-6-13)28-19(20,21)22/h2-8,11H,9-10H2,1H3,(H,24,26). The second kappa shape index (κ2) is 7.71. The van der Waals surface area contributed by atoms with Crippen molar-refractivity contribution in [1.29, 1.82) is 0 Å². The van der Waals surface area contributed by atoms with Crippen LogP contribution in [-0.4, -0.2) is 21.8 Å². The number of nitrogens with one attached hydrogen (secondary N) is 1. The number of hydrogen-bond acceptors (Lipinski definition) is 4. The van der Waals surface area contributed by atoms with Gasteiger partial charge in [0.1, 0.15) is 5.75 Å². The fourth-order valence-corrected chi connectivity index (χ4v) is 2.68. The maximum absolute atomic E-state index is 12.5. The number of fused-ring (bicyclic) bond motifs is 1. The van der Waals surface area contributed by atoms with Crippen molar-refractivity contribution in [2.45, 2.75) is 26.3 Å². The lowest BCUT2D eigenvalue weighted by molar-refractivity contribution is -0.274. The summed E-state index contributed by atoms with van der Waals surface area (Å²) in [5.41, 5.74) is 1.58. The number of aromatic nitrogens is 2. The molecule has 28 heavy (non-hydrogen) atoms. The Morgan fingerprint density at radius 1 is 1.18 bits per heavy atom. The highest BCUT2D eigenvalue weighted by molar-refractivity contribution is 5.90. The molecule has 146 valence electrons. The summed E-state index contributed by atoms with van der Waals surface area (Å²) in [7, 11) is 0. The molecule has 0 saturated heterocycles. The van der Waals surface area contributed by atoms with Crippen molar-refractivity contribution >= 4 is 22.5 Å². The Morgan fingerprint density at radius 3 is 2.57 bits per heavy atom. The molecular formula is C19H16F3N3O3. The molecule has 0 atom stereocenters. The molecule has 6 nitrogen and oxygen atoms in total. The molecule has 0 bridgehead atoms. The van der Waals surface area contributed by atoms with E-state index in [0.29, 0.717) is 16.6 Å². The molecule has 2 aromatic carbocycles. The highest BCUT2D eigenvalue weighted by atomic mass is 19.4. The predicted octanol–water partition coefficient (Wildman–Crippen LogP) is 3.63. The van der Waals surface area contributed by atoms with Gasteiger partial charge in [-0.15, -0.1) is 13.2 Å². The van der Waals surface area contributed by atoms with Crippen LogP contribution in [0.3, 0.4) is 0 Å². The largest absolute Gasteiger partial charge is 0.573 e. The molecule has 0 fully saturated rings. The molecule has 1 N–H and O–H groups in total. The average molecular weight is 391 g/mol. The lowest BCUT2D eigenvalue weighted by Gasteiger charge is -2.10. The maximum atomic E-state index is 12.5. The Balaban J connectivity index is 1.62. The van der Waals surface area contributed by atoms with E-state index in [-0.39, 0.29) is 30.2 Å². The molecule has 0 aliphatic carbocycles. The summed E-state index contributed by atoms with van der Waals surface area (Å²) < 4.78 is 41.5. The summed E-state index contributed by atoms with van der Waals surface area (Å²) in [6.45, 7) is 1.98. The van der Waals surface area contributed by atoms with Crippen molar-refractivity contribution < 1.29 is 22.7 Å². The van der Waals surface area contributed by atoms with Gasteiger partial charge in [-0.1, -0.05) is 12.1 Å². The van der Waals surface area contributed by atoms with Gasteiger partial charge in [-0.3, -0.25) is 14.2 Å². The zero-order chi connectivity index (χ0) is 20.3. The third-order valence-electron chi connectivity index (χ3n) is 4.01. The highest BCUT2D eigenvalue weighted by Crippen LogP contribution is 2.24. The normalized spacial score (nSPS) is 11.4. The van der Waals surface area contributed by atoms with Crippen LogP contribution in [0.4, 0.5) is 18.9 Å². The number of hydrogen-bond donors (Lipinski definition) is 1. The highest BCUT2D eigenvalue weighted by Gasteiger charge is 2.30. The number of anilines is 1. The maximum Gasteiger partial charge on any atom is 0.573 e. The van der Waals surface area contributed by atoms with Crippen LogP contribution in [0.25, 0.3) is 10.9 Å². The van der Waals surface area contributed by atoms with Crippen molar-refractivity contribution in [3.63, 3.8) is 0 Å². The van der Waals surface area contributed by atoms with Gasteiger partial charge in [0.25, 0.3) is 5.56 Å². The Morgan fingerprint density at radius 2 is 1.89 bits per heavy atom. The number of alkyl halides is 3.